The van der Waals surface area contributed by atoms with Gasteiger partial charge in [-0.3, -0.25) is 14.6 Å². The number of nitrogens with zero attached hydrogens (tertiary/aromatic N) is 3. The molecule has 148 valence electrons. The Morgan fingerprint density at radius 1 is 1.17 bits per heavy atom. The number of nitrogens with one attached hydrogen (secondary N) is 1. The fraction of sp³-hybridized carbons (Fsp3) is 0.227. The number of aromatic nitrogens is 2. The summed E-state index contributed by atoms with van der Waals surface area (Å²) in [6.45, 7) is 1.27. The van der Waals surface area contributed by atoms with Gasteiger partial charge in [0.25, 0.3) is 5.91 Å². The summed E-state index contributed by atoms with van der Waals surface area (Å²) in [6.07, 6.45) is 5.25. The van der Waals surface area contributed by atoms with E-state index in [1.54, 1.807) is 41.6 Å². The normalized spacial score (nSPS) is 15.8. The number of amides is 2. The van der Waals surface area contributed by atoms with Crippen molar-refractivity contribution in [1.82, 2.24) is 19.8 Å². The molecule has 0 saturated heterocycles. The summed E-state index contributed by atoms with van der Waals surface area (Å²) < 4.78 is 15.7. The molecule has 1 atom stereocenters. The summed E-state index contributed by atoms with van der Waals surface area (Å²) in [7, 11) is 0. The molecule has 2 aromatic heterocycles. The van der Waals surface area contributed by atoms with Crippen molar-refractivity contribution in [3.8, 4) is 0 Å². The lowest BCUT2D eigenvalue weighted by Crippen LogP contribution is -2.52. The first kappa shape index (κ1) is 18.9. The second kappa shape index (κ2) is 8.26. The molecule has 1 N–H and O–H groups in total. The van der Waals surface area contributed by atoms with Crippen molar-refractivity contribution in [1.29, 1.82) is 0 Å². The quantitative estimate of drug-likeness (QED) is 0.701. The van der Waals surface area contributed by atoms with Crippen molar-refractivity contribution >= 4 is 11.8 Å². The Balaban J connectivity index is 1.47. The maximum atomic E-state index is 13.8. The molecule has 7 heteroatoms. The van der Waals surface area contributed by atoms with Crippen LogP contribution in [0, 0.1) is 5.82 Å². The fourth-order valence-electron chi connectivity index (χ4n) is 3.58. The highest BCUT2D eigenvalue weighted by atomic mass is 19.1. The molecule has 0 aliphatic carbocycles. The second-order valence-corrected chi connectivity index (χ2v) is 7.07. The summed E-state index contributed by atoms with van der Waals surface area (Å²) in [5.41, 5.74) is 1.90. The van der Waals surface area contributed by atoms with Crippen molar-refractivity contribution < 1.29 is 14.0 Å². The Morgan fingerprint density at radius 3 is 2.83 bits per heavy atom. The third kappa shape index (κ3) is 4.18. The average molecular weight is 392 g/mol. The summed E-state index contributed by atoms with van der Waals surface area (Å²) in [6, 6.07) is 13.4. The lowest BCUT2D eigenvalue weighted by molar-refractivity contribution is -0.120. The smallest absolute Gasteiger partial charge is 0.271 e. The second-order valence-electron chi connectivity index (χ2n) is 7.07. The summed E-state index contributed by atoms with van der Waals surface area (Å²) >= 11 is 0. The van der Waals surface area contributed by atoms with E-state index in [9.17, 15) is 14.0 Å². The van der Waals surface area contributed by atoms with Crippen LogP contribution in [0.4, 0.5) is 4.39 Å². The molecule has 29 heavy (non-hydrogen) atoms. The van der Waals surface area contributed by atoms with E-state index in [1.807, 2.05) is 29.0 Å². The molecular weight excluding hydrogens is 371 g/mol. The third-order valence-corrected chi connectivity index (χ3v) is 5.08. The van der Waals surface area contributed by atoms with E-state index in [-0.39, 0.29) is 30.8 Å². The van der Waals surface area contributed by atoms with Gasteiger partial charge >= 0.3 is 0 Å². The van der Waals surface area contributed by atoms with E-state index in [0.29, 0.717) is 24.3 Å². The molecule has 6 nitrogen and oxygen atoms in total. The predicted molar refractivity (Wildman–Crippen MR) is 105 cm³/mol. The molecule has 3 heterocycles. The number of pyridine rings is 1. The lowest BCUT2D eigenvalue weighted by Gasteiger charge is -2.36. The molecule has 1 aliphatic heterocycles. The molecule has 0 radical (unpaired) electrons. The summed E-state index contributed by atoms with van der Waals surface area (Å²) in [5, 5.41) is 2.86. The molecule has 1 aromatic carbocycles. The molecule has 3 aromatic rings. The van der Waals surface area contributed by atoms with E-state index in [4.69, 9.17) is 0 Å². The number of carbonyl (C=O) groups is 2. The van der Waals surface area contributed by atoms with Gasteiger partial charge in [0.15, 0.2) is 0 Å². The topological polar surface area (TPSA) is 67.2 Å². The molecule has 4 rings (SSSR count). The Morgan fingerprint density at radius 2 is 2.03 bits per heavy atom. The Bertz CT molecular complexity index is 1020. The van der Waals surface area contributed by atoms with Gasteiger partial charge in [-0.15, -0.1) is 0 Å². The van der Waals surface area contributed by atoms with Gasteiger partial charge in [-0.05, 0) is 35.4 Å². The maximum Gasteiger partial charge on any atom is 0.271 e. The van der Waals surface area contributed by atoms with Gasteiger partial charge in [-0.2, -0.15) is 0 Å². The monoisotopic (exact) mass is 392 g/mol. The number of hydrogen-bond donors (Lipinski definition) is 1. The van der Waals surface area contributed by atoms with Crippen LogP contribution in [-0.4, -0.2) is 38.9 Å². The predicted octanol–water partition coefficient (Wildman–Crippen LogP) is 2.41. The molecule has 0 bridgehead atoms. The minimum absolute atomic E-state index is 0.0370. The number of fused-ring (bicyclic) bond motifs is 1. The zero-order chi connectivity index (χ0) is 20.2. The zero-order valence-corrected chi connectivity index (χ0v) is 15.8. The van der Waals surface area contributed by atoms with E-state index in [1.165, 1.54) is 6.07 Å². The first-order valence-electron chi connectivity index (χ1n) is 9.47. The van der Waals surface area contributed by atoms with Gasteiger partial charge in [0, 0.05) is 38.2 Å². The van der Waals surface area contributed by atoms with Crippen LogP contribution in [0.3, 0.4) is 0 Å². The Hall–Kier alpha value is -3.48. The van der Waals surface area contributed by atoms with Gasteiger partial charge in [0.2, 0.25) is 5.91 Å². The van der Waals surface area contributed by atoms with Crippen LogP contribution in [0.1, 0.15) is 21.6 Å². The highest BCUT2D eigenvalue weighted by Crippen LogP contribution is 2.20. The summed E-state index contributed by atoms with van der Waals surface area (Å²) in [5.74, 6) is -0.758. The van der Waals surface area contributed by atoms with Crippen molar-refractivity contribution in [2.45, 2.75) is 25.6 Å². The van der Waals surface area contributed by atoms with Gasteiger partial charge in [0.05, 0.1) is 12.5 Å². The van der Waals surface area contributed by atoms with Crippen LogP contribution >= 0.6 is 0 Å². The SMILES string of the molecule is O=C(Cc1ccccc1F)NCC1Cn2cccc2C(=O)N1Cc1cccnc1. The summed E-state index contributed by atoms with van der Waals surface area (Å²) in [4.78, 5) is 31.2. The highest BCUT2D eigenvalue weighted by Gasteiger charge is 2.32. The van der Waals surface area contributed by atoms with Crippen molar-refractivity contribution in [3.05, 3.63) is 89.8 Å². The van der Waals surface area contributed by atoms with Gasteiger partial charge in [-0.25, -0.2) is 4.39 Å². The highest BCUT2D eigenvalue weighted by molar-refractivity contribution is 5.93. The first-order chi connectivity index (χ1) is 14.1. The number of halogens is 1. The fourth-order valence-corrected chi connectivity index (χ4v) is 3.58. The Labute approximate surface area is 168 Å². The average Bonchev–Trinajstić information content (AvgIpc) is 3.20. The number of hydrogen-bond acceptors (Lipinski definition) is 3. The zero-order valence-electron chi connectivity index (χ0n) is 15.8. The molecule has 0 fully saturated rings. The third-order valence-electron chi connectivity index (χ3n) is 5.08. The Kier molecular flexibility index (Phi) is 5.37. The van der Waals surface area contributed by atoms with Gasteiger partial charge < -0.3 is 14.8 Å². The van der Waals surface area contributed by atoms with E-state index >= 15 is 0 Å². The maximum absolute atomic E-state index is 13.8. The minimum atomic E-state index is -0.398. The van der Waals surface area contributed by atoms with Crippen molar-refractivity contribution in [2.75, 3.05) is 6.54 Å². The molecule has 0 saturated carbocycles. The molecular formula is C22H21FN4O2. The molecule has 1 unspecified atom stereocenters. The van der Waals surface area contributed by atoms with Crippen molar-refractivity contribution in [3.63, 3.8) is 0 Å². The van der Waals surface area contributed by atoms with Gasteiger partial charge in [0.1, 0.15) is 11.5 Å². The molecule has 2 amide bonds. The van der Waals surface area contributed by atoms with E-state index in [2.05, 4.69) is 10.3 Å². The van der Waals surface area contributed by atoms with Crippen LogP contribution in [0.5, 0.6) is 0 Å². The number of rotatable bonds is 6. The van der Waals surface area contributed by atoms with Crippen LogP contribution in [0.15, 0.2) is 67.1 Å². The van der Waals surface area contributed by atoms with Crippen LogP contribution in [-0.2, 0) is 24.3 Å². The number of benzene rings is 1. The first-order valence-corrected chi connectivity index (χ1v) is 9.47. The van der Waals surface area contributed by atoms with E-state index in [0.717, 1.165) is 5.56 Å². The van der Waals surface area contributed by atoms with Crippen molar-refractivity contribution in [2.24, 2.45) is 0 Å². The lowest BCUT2D eigenvalue weighted by atomic mass is 10.1. The molecule has 1 aliphatic rings. The van der Waals surface area contributed by atoms with E-state index < -0.39 is 5.82 Å². The van der Waals surface area contributed by atoms with Crippen LogP contribution in [0.25, 0.3) is 0 Å². The standard InChI is InChI=1S/C22H21FN4O2/c23-19-7-2-1-6-17(19)11-21(28)25-13-18-15-26-10-4-8-20(26)22(29)27(18)14-16-5-3-9-24-12-16/h1-10,12,18H,11,13-15H2,(H,25,28). The largest absolute Gasteiger partial charge is 0.354 e. The van der Waals surface area contributed by atoms with Gasteiger partial charge in [-0.1, -0.05) is 24.3 Å². The molecule has 0 spiro atoms. The minimum Gasteiger partial charge on any atom is -0.354 e. The van der Waals surface area contributed by atoms with Crippen LogP contribution < -0.4 is 5.32 Å². The number of carbonyl (C=O) groups excluding carboxylic acids is 2. The van der Waals surface area contributed by atoms with Crippen LogP contribution in [0.2, 0.25) is 0 Å².